The molecule has 0 aromatic heterocycles. The first-order chi connectivity index (χ1) is 19.5. The lowest BCUT2D eigenvalue weighted by atomic mass is 10.0. The van der Waals surface area contributed by atoms with Crippen LogP contribution in [0, 0.1) is 0 Å². The zero-order valence-electron chi connectivity index (χ0n) is 22.4. The van der Waals surface area contributed by atoms with Crippen LogP contribution in [0.25, 0.3) is 0 Å². The molecule has 3 aromatic rings. The molecule has 2 amide bonds. The van der Waals surface area contributed by atoms with Gasteiger partial charge in [0.25, 0.3) is 0 Å². The van der Waals surface area contributed by atoms with Crippen LogP contribution in [0.1, 0.15) is 48.8 Å². The molecule has 0 saturated heterocycles. The molecular formula is C32H34Cl2N2O4. The summed E-state index contributed by atoms with van der Waals surface area (Å²) < 4.78 is 11.4. The lowest BCUT2D eigenvalue weighted by molar-refractivity contribution is -0.141. The predicted octanol–water partition coefficient (Wildman–Crippen LogP) is 6.40. The number of benzene rings is 3. The molecule has 1 unspecified atom stereocenters. The second-order valence-electron chi connectivity index (χ2n) is 10.4. The summed E-state index contributed by atoms with van der Waals surface area (Å²) in [5.41, 5.74) is 2.78. The molecule has 1 aliphatic heterocycles. The van der Waals surface area contributed by atoms with Crippen molar-refractivity contribution in [3.63, 3.8) is 0 Å². The van der Waals surface area contributed by atoms with Gasteiger partial charge in [0.05, 0.1) is 10.0 Å². The van der Waals surface area contributed by atoms with E-state index in [-0.39, 0.29) is 30.8 Å². The maximum atomic E-state index is 14.0. The third-order valence-corrected chi connectivity index (χ3v) is 8.28. The molecule has 5 rings (SSSR count). The normalized spacial score (nSPS) is 15.4. The molecule has 40 heavy (non-hydrogen) atoms. The highest BCUT2D eigenvalue weighted by molar-refractivity contribution is 6.42. The summed E-state index contributed by atoms with van der Waals surface area (Å²) >= 11 is 12.5. The van der Waals surface area contributed by atoms with E-state index in [0.29, 0.717) is 47.6 Å². The Balaban J connectivity index is 1.41. The molecule has 6 nitrogen and oxygen atoms in total. The zero-order valence-corrected chi connectivity index (χ0v) is 23.9. The monoisotopic (exact) mass is 580 g/mol. The summed E-state index contributed by atoms with van der Waals surface area (Å²) in [4.78, 5) is 29.5. The fourth-order valence-electron chi connectivity index (χ4n) is 5.39. The molecule has 1 fully saturated rings. The van der Waals surface area contributed by atoms with Crippen molar-refractivity contribution in [2.24, 2.45) is 0 Å². The molecule has 0 spiro atoms. The molecule has 0 radical (unpaired) electrons. The van der Waals surface area contributed by atoms with Crippen molar-refractivity contribution in [2.45, 2.75) is 63.6 Å². The van der Waals surface area contributed by atoms with E-state index < -0.39 is 6.04 Å². The van der Waals surface area contributed by atoms with Gasteiger partial charge in [-0.15, -0.1) is 0 Å². The second-order valence-corrected chi connectivity index (χ2v) is 11.3. The number of carbonyl (C=O) groups is 2. The van der Waals surface area contributed by atoms with Crippen LogP contribution >= 0.6 is 23.2 Å². The molecular weight excluding hydrogens is 547 g/mol. The second kappa shape index (κ2) is 13.4. The van der Waals surface area contributed by atoms with Gasteiger partial charge in [-0.1, -0.05) is 78.5 Å². The summed E-state index contributed by atoms with van der Waals surface area (Å²) in [5.74, 6) is 1.18. The molecule has 1 aliphatic carbocycles. The predicted molar refractivity (Wildman–Crippen MR) is 157 cm³/mol. The Morgan fingerprint density at radius 3 is 2.33 bits per heavy atom. The van der Waals surface area contributed by atoms with Crippen LogP contribution in [0.4, 0.5) is 0 Å². The third kappa shape index (κ3) is 7.29. The maximum absolute atomic E-state index is 14.0. The van der Waals surface area contributed by atoms with Gasteiger partial charge in [-0.25, -0.2) is 0 Å². The highest BCUT2D eigenvalue weighted by Crippen LogP contribution is 2.31. The summed E-state index contributed by atoms with van der Waals surface area (Å²) in [6.07, 6.45) is 5.31. The summed E-state index contributed by atoms with van der Waals surface area (Å²) in [7, 11) is 0. The van der Waals surface area contributed by atoms with Crippen LogP contribution in [0.2, 0.25) is 10.0 Å². The van der Waals surface area contributed by atoms with Gasteiger partial charge < -0.3 is 19.7 Å². The smallest absolute Gasteiger partial charge is 0.243 e. The minimum absolute atomic E-state index is 0.108. The Morgan fingerprint density at radius 2 is 1.57 bits per heavy atom. The average Bonchev–Trinajstić information content (AvgIpc) is 3.49. The first-order valence-electron chi connectivity index (χ1n) is 13.9. The van der Waals surface area contributed by atoms with Crippen molar-refractivity contribution in [3.05, 3.63) is 93.5 Å². The summed E-state index contributed by atoms with van der Waals surface area (Å²) in [5, 5.41) is 4.10. The van der Waals surface area contributed by atoms with E-state index in [0.717, 1.165) is 42.4 Å². The van der Waals surface area contributed by atoms with Gasteiger partial charge in [0, 0.05) is 25.4 Å². The third-order valence-electron chi connectivity index (χ3n) is 7.54. The highest BCUT2D eigenvalue weighted by atomic mass is 35.5. The number of aryl methyl sites for hydroxylation is 1. The Kier molecular flexibility index (Phi) is 9.50. The number of fused-ring (bicyclic) bond motifs is 1. The number of ether oxygens (including phenoxy) is 2. The lowest BCUT2D eigenvalue weighted by Crippen LogP contribution is -2.52. The van der Waals surface area contributed by atoms with Gasteiger partial charge in [0.1, 0.15) is 19.3 Å². The van der Waals surface area contributed by atoms with Crippen LogP contribution in [0.5, 0.6) is 11.5 Å². The van der Waals surface area contributed by atoms with Crippen molar-refractivity contribution >= 4 is 35.0 Å². The average molecular weight is 582 g/mol. The van der Waals surface area contributed by atoms with E-state index in [2.05, 4.69) is 5.32 Å². The zero-order chi connectivity index (χ0) is 27.9. The van der Waals surface area contributed by atoms with Crippen molar-refractivity contribution in [2.75, 3.05) is 13.2 Å². The van der Waals surface area contributed by atoms with Gasteiger partial charge in [-0.3, -0.25) is 9.59 Å². The molecule has 1 saturated carbocycles. The number of carbonyl (C=O) groups excluding carboxylic acids is 2. The van der Waals surface area contributed by atoms with Crippen LogP contribution in [-0.4, -0.2) is 42.0 Å². The fraction of sp³-hybridized carbons (Fsp3) is 0.375. The molecule has 3 aromatic carbocycles. The SMILES string of the molecule is O=C(NC1CCCC1)C(Cc1ccccc1)N(Cc1ccc(Cl)c(Cl)c1)C(=O)CCc1ccc2c(c1)OCCO2. The Labute approximate surface area is 245 Å². The first kappa shape index (κ1) is 28.3. The van der Waals surface area contributed by atoms with Gasteiger partial charge in [0.2, 0.25) is 11.8 Å². The maximum Gasteiger partial charge on any atom is 0.243 e. The molecule has 1 heterocycles. The van der Waals surface area contributed by atoms with Gasteiger partial charge in [-0.2, -0.15) is 0 Å². The quantitative estimate of drug-likeness (QED) is 0.301. The van der Waals surface area contributed by atoms with E-state index in [1.165, 1.54) is 0 Å². The Bertz CT molecular complexity index is 1330. The number of nitrogens with one attached hydrogen (secondary N) is 1. The van der Waals surface area contributed by atoms with E-state index in [9.17, 15) is 9.59 Å². The van der Waals surface area contributed by atoms with E-state index in [4.69, 9.17) is 32.7 Å². The number of hydrogen-bond donors (Lipinski definition) is 1. The van der Waals surface area contributed by atoms with Crippen molar-refractivity contribution < 1.29 is 19.1 Å². The van der Waals surface area contributed by atoms with Crippen molar-refractivity contribution in [3.8, 4) is 11.5 Å². The number of hydrogen-bond acceptors (Lipinski definition) is 4. The molecule has 2 aliphatic rings. The molecule has 1 atom stereocenters. The van der Waals surface area contributed by atoms with Crippen molar-refractivity contribution in [1.29, 1.82) is 0 Å². The van der Waals surface area contributed by atoms with E-state index in [1.54, 1.807) is 17.0 Å². The van der Waals surface area contributed by atoms with Gasteiger partial charge in [0.15, 0.2) is 11.5 Å². The fourth-order valence-corrected chi connectivity index (χ4v) is 5.72. The minimum atomic E-state index is -0.676. The topological polar surface area (TPSA) is 67.9 Å². The Hall–Kier alpha value is -3.22. The van der Waals surface area contributed by atoms with E-state index >= 15 is 0 Å². The Morgan fingerprint density at radius 1 is 0.850 bits per heavy atom. The molecule has 1 N–H and O–H groups in total. The largest absolute Gasteiger partial charge is 0.486 e. The van der Waals surface area contributed by atoms with Gasteiger partial charge in [-0.05, 0) is 60.2 Å². The molecule has 210 valence electrons. The van der Waals surface area contributed by atoms with Crippen molar-refractivity contribution in [1.82, 2.24) is 10.2 Å². The highest BCUT2D eigenvalue weighted by Gasteiger charge is 2.32. The number of rotatable bonds is 10. The van der Waals surface area contributed by atoms with Crippen LogP contribution in [0.3, 0.4) is 0 Å². The lowest BCUT2D eigenvalue weighted by Gasteiger charge is -2.32. The first-order valence-corrected chi connectivity index (χ1v) is 14.7. The van der Waals surface area contributed by atoms with Crippen LogP contribution < -0.4 is 14.8 Å². The summed E-state index contributed by atoms with van der Waals surface area (Å²) in [6.45, 7) is 1.27. The van der Waals surface area contributed by atoms with Gasteiger partial charge >= 0.3 is 0 Å². The minimum Gasteiger partial charge on any atom is -0.486 e. The summed E-state index contributed by atoms with van der Waals surface area (Å²) in [6, 6.07) is 20.4. The number of halogens is 2. The van der Waals surface area contributed by atoms with E-state index in [1.807, 2.05) is 54.6 Å². The van der Waals surface area contributed by atoms with Crippen LogP contribution in [0.15, 0.2) is 66.7 Å². The number of amides is 2. The molecule has 0 bridgehead atoms. The number of nitrogens with zero attached hydrogens (tertiary/aromatic N) is 1. The standard InChI is InChI=1S/C32H34Cl2N2O4/c33-26-13-10-24(18-27(26)34)21-36(31(37)15-12-23-11-14-29-30(20-23)40-17-16-39-29)28(19-22-6-2-1-3-7-22)32(38)35-25-8-4-5-9-25/h1-3,6-7,10-11,13-14,18,20,25,28H,4-5,8-9,12,15-17,19,21H2,(H,35,38). The van der Waals surface area contributed by atoms with Crippen LogP contribution in [-0.2, 0) is 29.0 Å². The molecule has 8 heteroatoms.